The minimum absolute atomic E-state index is 0.572. The van der Waals surface area contributed by atoms with E-state index in [4.69, 9.17) is 0 Å². The van der Waals surface area contributed by atoms with Crippen LogP contribution in [0, 0.1) is 0 Å². The first-order valence-electron chi connectivity index (χ1n) is 7.55. The van der Waals surface area contributed by atoms with Crippen LogP contribution in [0.4, 0.5) is 13.2 Å². The highest BCUT2D eigenvalue weighted by atomic mass is 19.4. The number of carbonyl (C=O) groups excluding carboxylic acids is 1. The number of para-hydroxylation sites is 1. The summed E-state index contributed by atoms with van der Waals surface area (Å²) in [6.07, 6.45) is -4.21. The Labute approximate surface area is 137 Å². The van der Waals surface area contributed by atoms with Crippen LogP contribution in [-0.4, -0.2) is 16.5 Å². The maximum Gasteiger partial charge on any atom is 0.395 e. The van der Waals surface area contributed by atoms with Gasteiger partial charge in [0.15, 0.2) is 5.78 Å². The third-order valence-electron chi connectivity index (χ3n) is 4.07. The molecular weight excluding hydrogens is 315 g/mol. The van der Waals surface area contributed by atoms with Gasteiger partial charge in [0.05, 0.1) is 5.92 Å². The molecule has 1 unspecified atom stereocenters. The van der Waals surface area contributed by atoms with E-state index in [1.165, 1.54) is 0 Å². The van der Waals surface area contributed by atoms with E-state index < -0.39 is 24.3 Å². The van der Waals surface area contributed by atoms with Gasteiger partial charge in [-0.2, -0.15) is 13.2 Å². The van der Waals surface area contributed by atoms with Crippen LogP contribution in [0.1, 0.15) is 23.5 Å². The minimum atomic E-state index is -4.52. The first-order chi connectivity index (χ1) is 11.4. The third-order valence-corrected chi connectivity index (χ3v) is 4.07. The number of rotatable bonds is 4. The molecule has 0 amide bonds. The predicted octanol–water partition coefficient (Wildman–Crippen LogP) is 4.83. The topological polar surface area (TPSA) is 22.0 Å². The predicted molar refractivity (Wildman–Crippen MR) is 86.9 cm³/mol. The Hall–Kier alpha value is -2.56. The second-order valence-electron chi connectivity index (χ2n) is 5.81. The van der Waals surface area contributed by atoms with E-state index in [1.54, 1.807) is 36.5 Å². The Bertz CT molecular complexity index is 865. The second kappa shape index (κ2) is 6.15. The molecule has 24 heavy (non-hydrogen) atoms. The summed E-state index contributed by atoms with van der Waals surface area (Å²) in [5, 5.41) is 0.796. The van der Waals surface area contributed by atoms with Gasteiger partial charge in [-0.05, 0) is 17.2 Å². The van der Waals surface area contributed by atoms with Crippen LogP contribution < -0.4 is 0 Å². The van der Waals surface area contributed by atoms with E-state index in [9.17, 15) is 18.0 Å². The molecule has 0 saturated heterocycles. The number of nitrogens with zero attached hydrogens (tertiary/aromatic N) is 1. The van der Waals surface area contributed by atoms with Crippen molar-refractivity contribution in [1.82, 2.24) is 4.57 Å². The molecule has 0 bridgehead atoms. The van der Waals surface area contributed by atoms with Crippen molar-refractivity contribution < 1.29 is 18.0 Å². The van der Waals surface area contributed by atoms with E-state index >= 15 is 0 Å². The largest absolute Gasteiger partial charge is 0.395 e. The highest BCUT2D eigenvalue weighted by Gasteiger charge is 2.36. The van der Waals surface area contributed by atoms with E-state index in [1.807, 2.05) is 35.9 Å². The van der Waals surface area contributed by atoms with Gasteiger partial charge in [0.25, 0.3) is 0 Å². The molecule has 0 fully saturated rings. The summed E-state index contributed by atoms with van der Waals surface area (Å²) in [6, 6.07) is 16.0. The zero-order valence-electron chi connectivity index (χ0n) is 13.0. The molecule has 0 saturated carbocycles. The second-order valence-corrected chi connectivity index (χ2v) is 5.81. The molecular formula is C19H16F3NO. The maximum absolute atomic E-state index is 12.8. The molecule has 124 valence electrons. The van der Waals surface area contributed by atoms with Gasteiger partial charge >= 0.3 is 6.18 Å². The van der Waals surface area contributed by atoms with Gasteiger partial charge in [0.1, 0.15) is 6.42 Å². The molecule has 2 nitrogen and oxygen atoms in total. The summed E-state index contributed by atoms with van der Waals surface area (Å²) in [4.78, 5) is 12.5. The van der Waals surface area contributed by atoms with Gasteiger partial charge in [-0.3, -0.25) is 4.79 Å². The summed E-state index contributed by atoms with van der Waals surface area (Å²) in [5.41, 5.74) is 2.06. The number of Topliss-reactive ketones (excluding diaryl/α,β-unsaturated/α-hetero) is 1. The highest BCUT2D eigenvalue weighted by Crippen LogP contribution is 2.35. The molecule has 0 aliphatic heterocycles. The maximum atomic E-state index is 12.8. The van der Waals surface area contributed by atoms with E-state index in [0.717, 1.165) is 10.9 Å². The van der Waals surface area contributed by atoms with Crippen LogP contribution in [0.15, 0.2) is 60.8 Å². The van der Waals surface area contributed by atoms with Gasteiger partial charge in [0.2, 0.25) is 0 Å². The number of alkyl halides is 3. The first kappa shape index (κ1) is 16.3. The van der Waals surface area contributed by atoms with Crippen molar-refractivity contribution in [2.75, 3.05) is 0 Å². The summed E-state index contributed by atoms with van der Waals surface area (Å²) < 4.78 is 40.2. The summed E-state index contributed by atoms with van der Waals surface area (Å²) in [7, 11) is 1.82. The zero-order chi connectivity index (χ0) is 17.3. The van der Waals surface area contributed by atoms with Gasteiger partial charge in [0, 0.05) is 24.1 Å². The lowest BCUT2D eigenvalue weighted by atomic mass is 9.86. The fourth-order valence-electron chi connectivity index (χ4n) is 3.09. The number of fused-ring (bicyclic) bond motifs is 1. The average Bonchev–Trinajstić information content (AvgIpc) is 2.84. The van der Waals surface area contributed by atoms with Gasteiger partial charge in [-0.15, -0.1) is 0 Å². The zero-order valence-corrected chi connectivity index (χ0v) is 13.0. The van der Waals surface area contributed by atoms with Crippen molar-refractivity contribution in [3.63, 3.8) is 0 Å². The third kappa shape index (κ3) is 3.20. The van der Waals surface area contributed by atoms with Crippen LogP contribution in [0.5, 0.6) is 0 Å². The molecule has 2 aromatic carbocycles. The number of ketones is 1. The van der Waals surface area contributed by atoms with Crippen LogP contribution in [0.25, 0.3) is 10.9 Å². The Balaban J connectivity index is 2.16. The monoisotopic (exact) mass is 331 g/mol. The Morgan fingerprint density at radius 2 is 1.67 bits per heavy atom. The number of halogens is 3. The van der Waals surface area contributed by atoms with Crippen LogP contribution >= 0.6 is 0 Å². The SMILES string of the molecule is Cn1cc(C(C(=O)CC(F)(F)F)c2ccccc2)c2ccccc21. The van der Waals surface area contributed by atoms with Crippen molar-refractivity contribution >= 4 is 16.7 Å². The fraction of sp³-hybridized carbons (Fsp3) is 0.211. The number of benzene rings is 2. The minimum Gasteiger partial charge on any atom is -0.350 e. The molecule has 0 spiro atoms. The molecule has 0 N–H and O–H groups in total. The molecule has 0 radical (unpaired) electrons. The van der Waals surface area contributed by atoms with Gasteiger partial charge in [-0.25, -0.2) is 0 Å². The van der Waals surface area contributed by atoms with Crippen molar-refractivity contribution in [3.05, 3.63) is 71.9 Å². The van der Waals surface area contributed by atoms with E-state index in [0.29, 0.717) is 11.1 Å². The highest BCUT2D eigenvalue weighted by molar-refractivity contribution is 5.95. The lowest BCUT2D eigenvalue weighted by Gasteiger charge is -2.17. The van der Waals surface area contributed by atoms with Gasteiger partial charge < -0.3 is 4.57 Å². The van der Waals surface area contributed by atoms with Crippen molar-refractivity contribution in [2.45, 2.75) is 18.5 Å². The summed E-state index contributed by atoms with van der Waals surface area (Å²) >= 11 is 0. The molecule has 1 atom stereocenters. The molecule has 5 heteroatoms. The van der Waals surface area contributed by atoms with Crippen molar-refractivity contribution in [2.24, 2.45) is 7.05 Å². The Kier molecular flexibility index (Phi) is 4.18. The number of hydrogen-bond acceptors (Lipinski definition) is 1. The Morgan fingerprint density at radius 1 is 1.04 bits per heavy atom. The molecule has 1 heterocycles. The number of carbonyl (C=O) groups is 1. The van der Waals surface area contributed by atoms with Crippen LogP contribution in [-0.2, 0) is 11.8 Å². The van der Waals surface area contributed by atoms with E-state index in [-0.39, 0.29) is 0 Å². The number of hydrogen-bond donors (Lipinski definition) is 0. The summed E-state index contributed by atoms with van der Waals surface area (Å²) in [5.74, 6) is -1.77. The lowest BCUT2D eigenvalue weighted by molar-refractivity contribution is -0.152. The Morgan fingerprint density at radius 3 is 2.33 bits per heavy atom. The average molecular weight is 331 g/mol. The molecule has 0 aliphatic carbocycles. The van der Waals surface area contributed by atoms with Gasteiger partial charge in [-0.1, -0.05) is 48.5 Å². The molecule has 3 rings (SSSR count). The summed E-state index contributed by atoms with van der Waals surface area (Å²) in [6.45, 7) is 0. The molecule has 0 aliphatic rings. The van der Waals surface area contributed by atoms with Crippen molar-refractivity contribution in [1.29, 1.82) is 0 Å². The molecule has 1 aromatic heterocycles. The quantitative estimate of drug-likeness (QED) is 0.671. The van der Waals surface area contributed by atoms with Crippen molar-refractivity contribution in [3.8, 4) is 0 Å². The smallest absolute Gasteiger partial charge is 0.350 e. The van der Waals surface area contributed by atoms with Crippen LogP contribution in [0.3, 0.4) is 0 Å². The fourth-order valence-corrected chi connectivity index (χ4v) is 3.09. The van der Waals surface area contributed by atoms with E-state index in [2.05, 4.69) is 0 Å². The normalized spacial score (nSPS) is 13.2. The molecule has 3 aromatic rings. The standard InChI is InChI=1S/C19H16F3NO/c1-23-12-15(14-9-5-6-10-16(14)23)18(13-7-3-2-4-8-13)17(24)11-19(20,21)22/h2-10,12,18H,11H2,1H3. The number of aryl methyl sites for hydroxylation is 1. The first-order valence-corrected chi connectivity index (χ1v) is 7.55. The number of aromatic nitrogens is 1. The van der Waals surface area contributed by atoms with Crippen LogP contribution in [0.2, 0.25) is 0 Å². The lowest BCUT2D eigenvalue weighted by Crippen LogP contribution is -2.21.